The lowest BCUT2D eigenvalue weighted by Crippen LogP contribution is -2.13. The van der Waals surface area contributed by atoms with Gasteiger partial charge in [0.05, 0.1) is 37.3 Å². The molecule has 0 amide bonds. The number of carboxylic acids is 1. The Bertz CT molecular complexity index is 1370. The molecule has 0 unspecified atom stereocenters. The molecule has 1 aliphatic heterocycles. The zero-order chi connectivity index (χ0) is 25.0. The number of nitrogens with zero attached hydrogens (tertiary/aromatic N) is 2. The number of anilines is 2. The van der Waals surface area contributed by atoms with Crippen molar-refractivity contribution in [3.8, 4) is 22.8 Å². The molecular formula is C23H21F2N3O6S. The number of carboxylic acid groups (broad SMARTS) is 1. The second kappa shape index (κ2) is 10.2. The van der Waals surface area contributed by atoms with E-state index >= 15 is 0 Å². The monoisotopic (exact) mass is 505 g/mol. The summed E-state index contributed by atoms with van der Waals surface area (Å²) in [5, 5.41) is 11.7. The Hall–Kier alpha value is -3.80. The van der Waals surface area contributed by atoms with Gasteiger partial charge in [0.1, 0.15) is 29.0 Å². The average Bonchev–Trinajstić information content (AvgIpc) is 2.78. The molecule has 0 saturated heterocycles. The van der Waals surface area contributed by atoms with Gasteiger partial charge in [-0.05, 0) is 29.8 Å². The molecule has 3 heterocycles. The number of carbonyl (C=O) groups is 1. The average molecular weight is 505 g/mol. The Labute approximate surface area is 199 Å². The molecule has 12 heteroatoms. The van der Waals surface area contributed by atoms with Crippen LogP contribution in [0.3, 0.4) is 0 Å². The van der Waals surface area contributed by atoms with Crippen molar-refractivity contribution in [3.63, 3.8) is 0 Å². The molecule has 0 radical (unpaired) electrons. The summed E-state index contributed by atoms with van der Waals surface area (Å²) in [6.45, 7) is 0.300. The molecule has 9 nitrogen and oxygen atoms in total. The number of fused-ring (bicyclic) bond motifs is 6. The molecule has 35 heavy (non-hydrogen) atoms. The number of ether oxygens (including phenoxy) is 2. The summed E-state index contributed by atoms with van der Waals surface area (Å²) in [6, 6.07) is 8.10. The van der Waals surface area contributed by atoms with Crippen LogP contribution in [0.5, 0.6) is 11.6 Å². The first kappa shape index (κ1) is 24.3. The van der Waals surface area contributed by atoms with Crippen molar-refractivity contribution in [1.82, 2.24) is 9.97 Å². The van der Waals surface area contributed by atoms with Gasteiger partial charge in [-0.1, -0.05) is 0 Å². The number of sulfone groups is 1. The second-order valence-electron chi connectivity index (χ2n) is 7.80. The quantitative estimate of drug-likeness (QED) is 0.533. The summed E-state index contributed by atoms with van der Waals surface area (Å²) in [5.41, 5.74) is 0.784. The third-order valence-corrected chi connectivity index (χ3v) is 6.62. The van der Waals surface area contributed by atoms with Crippen LogP contribution >= 0.6 is 0 Å². The van der Waals surface area contributed by atoms with Gasteiger partial charge in [-0.3, -0.25) is 4.79 Å². The number of aromatic nitrogens is 2. The number of hydrogen-bond acceptors (Lipinski definition) is 8. The summed E-state index contributed by atoms with van der Waals surface area (Å²) in [5.74, 6) is -2.62. The minimum Gasteiger partial charge on any atom is -0.493 e. The molecule has 4 bridgehead atoms. The standard InChI is InChI=1S/C23H21F2N3O6S/c24-15-2-3-16-17-11-20(26-12-18(17)25)27-21-8-14(13-35(31,32)7-4-23(29)30)9-22(28-21)34-6-1-5-33-19(16)10-15/h2-3,8-12H,1,4-7,13H2,(H,29,30)(H,26,27,28). The highest BCUT2D eigenvalue weighted by Crippen LogP contribution is 2.34. The molecule has 0 atom stereocenters. The Kier molecular flexibility index (Phi) is 7.10. The van der Waals surface area contributed by atoms with Gasteiger partial charge >= 0.3 is 5.97 Å². The van der Waals surface area contributed by atoms with Crippen LogP contribution in [0.15, 0.2) is 42.6 Å². The van der Waals surface area contributed by atoms with Gasteiger partial charge in [0.25, 0.3) is 0 Å². The lowest BCUT2D eigenvalue weighted by molar-refractivity contribution is -0.136. The van der Waals surface area contributed by atoms with E-state index in [4.69, 9.17) is 14.6 Å². The van der Waals surface area contributed by atoms with E-state index in [1.54, 1.807) is 0 Å². The predicted octanol–water partition coefficient (Wildman–Crippen LogP) is 3.72. The fraction of sp³-hybridized carbons (Fsp3) is 0.261. The number of nitrogens with one attached hydrogen (secondary N) is 1. The first-order valence-electron chi connectivity index (χ1n) is 10.6. The van der Waals surface area contributed by atoms with E-state index in [9.17, 15) is 22.0 Å². The Morgan fingerprint density at radius 1 is 1.06 bits per heavy atom. The maximum absolute atomic E-state index is 14.7. The Morgan fingerprint density at radius 2 is 1.86 bits per heavy atom. The highest BCUT2D eigenvalue weighted by atomic mass is 32.2. The fourth-order valence-corrected chi connectivity index (χ4v) is 4.75. The molecule has 0 fully saturated rings. The number of halogens is 2. The number of rotatable bonds is 5. The smallest absolute Gasteiger partial charge is 0.304 e. The van der Waals surface area contributed by atoms with Gasteiger partial charge in [0.2, 0.25) is 5.88 Å². The number of aliphatic carboxylic acids is 1. The van der Waals surface area contributed by atoms with Crippen molar-refractivity contribution in [3.05, 3.63) is 59.8 Å². The molecule has 0 spiro atoms. The van der Waals surface area contributed by atoms with Crippen LogP contribution < -0.4 is 14.8 Å². The van der Waals surface area contributed by atoms with Crippen LogP contribution in [0, 0.1) is 11.6 Å². The van der Waals surface area contributed by atoms with Gasteiger partial charge in [-0.2, -0.15) is 4.98 Å². The number of hydrogen-bond donors (Lipinski definition) is 2. The molecule has 0 saturated carbocycles. The van der Waals surface area contributed by atoms with E-state index in [0.717, 1.165) is 6.20 Å². The Balaban J connectivity index is 1.71. The van der Waals surface area contributed by atoms with Crippen molar-refractivity contribution in [2.24, 2.45) is 0 Å². The van der Waals surface area contributed by atoms with Crippen molar-refractivity contribution in [1.29, 1.82) is 0 Å². The summed E-state index contributed by atoms with van der Waals surface area (Å²) < 4.78 is 64.6. The van der Waals surface area contributed by atoms with Crippen LogP contribution in [0.4, 0.5) is 20.4 Å². The highest BCUT2D eigenvalue weighted by Gasteiger charge is 2.18. The van der Waals surface area contributed by atoms with Gasteiger partial charge in [-0.15, -0.1) is 0 Å². The van der Waals surface area contributed by atoms with Crippen LogP contribution in [-0.2, 0) is 20.4 Å². The first-order chi connectivity index (χ1) is 16.7. The summed E-state index contributed by atoms with van der Waals surface area (Å²) in [6.07, 6.45) is 0.870. The van der Waals surface area contributed by atoms with Crippen molar-refractivity contribution in [2.75, 3.05) is 24.3 Å². The second-order valence-corrected chi connectivity index (χ2v) is 9.98. The van der Waals surface area contributed by atoms with E-state index in [-0.39, 0.29) is 42.0 Å². The molecule has 184 valence electrons. The molecule has 1 aliphatic rings. The van der Waals surface area contributed by atoms with Gasteiger partial charge in [0, 0.05) is 29.7 Å². The molecule has 3 aromatic rings. The molecular weight excluding hydrogens is 484 g/mol. The van der Waals surface area contributed by atoms with Gasteiger partial charge in [-0.25, -0.2) is 22.2 Å². The summed E-state index contributed by atoms with van der Waals surface area (Å²) >= 11 is 0. The minimum absolute atomic E-state index is 0.124. The molecule has 1 aromatic carbocycles. The summed E-state index contributed by atoms with van der Waals surface area (Å²) in [7, 11) is -3.71. The zero-order valence-corrected chi connectivity index (χ0v) is 19.1. The third-order valence-electron chi connectivity index (χ3n) is 5.02. The van der Waals surface area contributed by atoms with Crippen LogP contribution in [0.2, 0.25) is 0 Å². The van der Waals surface area contributed by atoms with Crippen LogP contribution in [0.1, 0.15) is 18.4 Å². The van der Waals surface area contributed by atoms with Gasteiger partial charge in [0.15, 0.2) is 9.84 Å². The van der Waals surface area contributed by atoms with Crippen molar-refractivity contribution >= 4 is 27.4 Å². The van der Waals surface area contributed by atoms with E-state index in [2.05, 4.69) is 15.3 Å². The van der Waals surface area contributed by atoms with E-state index in [1.165, 1.54) is 36.4 Å². The van der Waals surface area contributed by atoms with E-state index in [1.807, 2.05) is 0 Å². The predicted molar refractivity (Wildman–Crippen MR) is 122 cm³/mol. The highest BCUT2D eigenvalue weighted by molar-refractivity contribution is 7.90. The lowest BCUT2D eigenvalue weighted by atomic mass is 10.0. The third kappa shape index (κ3) is 6.41. The SMILES string of the molecule is O=C(O)CCS(=O)(=O)Cc1cc2nc(c1)OCCCOc1cc(F)ccc1-c1cc(ncc1F)N2. The minimum atomic E-state index is -3.71. The fourth-order valence-electron chi connectivity index (χ4n) is 3.45. The van der Waals surface area contributed by atoms with Crippen LogP contribution in [-0.4, -0.2) is 48.4 Å². The topological polar surface area (TPSA) is 128 Å². The molecule has 0 aliphatic carbocycles. The maximum Gasteiger partial charge on any atom is 0.304 e. The molecule has 2 N–H and O–H groups in total. The van der Waals surface area contributed by atoms with Crippen LogP contribution in [0.25, 0.3) is 11.1 Å². The normalized spacial score (nSPS) is 13.4. The maximum atomic E-state index is 14.7. The molecule has 4 rings (SSSR count). The largest absolute Gasteiger partial charge is 0.493 e. The van der Waals surface area contributed by atoms with Crippen molar-refractivity contribution < 1.29 is 36.6 Å². The lowest BCUT2D eigenvalue weighted by Gasteiger charge is -2.16. The first-order valence-corrected chi connectivity index (χ1v) is 12.4. The summed E-state index contributed by atoms with van der Waals surface area (Å²) in [4.78, 5) is 19.1. The van der Waals surface area contributed by atoms with Gasteiger partial charge < -0.3 is 19.9 Å². The van der Waals surface area contributed by atoms with Crippen molar-refractivity contribution in [2.45, 2.75) is 18.6 Å². The molecule has 2 aromatic heterocycles. The van der Waals surface area contributed by atoms with E-state index < -0.39 is 45.4 Å². The number of pyridine rings is 2. The zero-order valence-electron chi connectivity index (χ0n) is 18.3. The Morgan fingerprint density at radius 3 is 2.66 bits per heavy atom. The van der Waals surface area contributed by atoms with E-state index in [0.29, 0.717) is 17.5 Å². The number of benzene rings is 1.